The van der Waals surface area contributed by atoms with Gasteiger partial charge in [-0.25, -0.2) is 14.4 Å². The third-order valence-corrected chi connectivity index (χ3v) is 6.75. The second-order valence-corrected chi connectivity index (χ2v) is 9.72. The maximum Gasteiger partial charge on any atom is 0.162 e. The van der Waals surface area contributed by atoms with Gasteiger partial charge in [0.2, 0.25) is 0 Å². The standard InChI is InChI=1S/C27H31FN6S/c1-17-25(24-18(2)33-35-19(24)3)31-27(32-26(17)30-23-11-9-22(28)10-12-23)21-8-6-7-20(15-21)16-34(5)14-13-29-4/h6-12,15,29H,13-14,16H2,1-5H3,(H,30,31,32). The molecular weight excluding hydrogens is 459 g/mol. The van der Waals surface area contributed by atoms with Crippen LogP contribution in [0.25, 0.3) is 22.6 Å². The molecule has 0 bridgehead atoms. The van der Waals surface area contributed by atoms with Crippen LogP contribution >= 0.6 is 11.5 Å². The third-order valence-electron chi connectivity index (χ3n) is 5.90. The molecule has 0 saturated heterocycles. The van der Waals surface area contributed by atoms with Gasteiger partial charge in [0, 0.05) is 46.9 Å². The lowest BCUT2D eigenvalue weighted by molar-refractivity contribution is 0.328. The average Bonchev–Trinajstić information content (AvgIpc) is 3.18. The molecule has 4 aromatic rings. The van der Waals surface area contributed by atoms with Crippen molar-refractivity contribution in [3.63, 3.8) is 0 Å². The van der Waals surface area contributed by atoms with Gasteiger partial charge in [-0.2, -0.15) is 4.37 Å². The molecule has 0 unspecified atom stereocenters. The molecule has 8 heteroatoms. The van der Waals surface area contributed by atoms with E-state index in [0.29, 0.717) is 11.6 Å². The van der Waals surface area contributed by atoms with Crippen molar-refractivity contribution < 1.29 is 4.39 Å². The summed E-state index contributed by atoms with van der Waals surface area (Å²) >= 11 is 1.48. The van der Waals surface area contributed by atoms with Crippen LogP contribution in [-0.4, -0.2) is 46.4 Å². The van der Waals surface area contributed by atoms with Crippen LogP contribution in [0, 0.1) is 26.6 Å². The van der Waals surface area contributed by atoms with Gasteiger partial charge in [-0.3, -0.25) is 0 Å². The highest BCUT2D eigenvalue weighted by Crippen LogP contribution is 2.35. The van der Waals surface area contributed by atoms with Gasteiger partial charge < -0.3 is 15.5 Å². The quantitative estimate of drug-likeness (QED) is 0.313. The molecule has 0 aliphatic carbocycles. The number of aromatic nitrogens is 3. The molecule has 4 rings (SSSR count). The minimum absolute atomic E-state index is 0.275. The Morgan fingerprint density at radius 2 is 1.80 bits per heavy atom. The predicted octanol–water partition coefficient (Wildman–Crippen LogP) is 5.73. The second kappa shape index (κ2) is 11.0. The smallest absolute Gasteiger partial charge is 0.162 e. The predicted molar refractivity (Wildman–Crippen MR) is 143 cm³/mol. The number of nitrogens with one attached hydrogen (secondary N) is 2. The Morgan fingerprint density at radius 3 is 2.49 bits per heavy atom. The first-order valence-corrected chi connectivity index (χ1v) is 12.4. The van der Waals surface area contributed by atoms with E-state index < -0.39 is 0 Å². The molecule has 6 nitrogen and oxygen atoms in total. The van der Waals surface area contributed by atoms with Gasteiger partial charge >= 0.3 is 0 Å². The Bertz CT molecular complexity index is 1280. The topological polar surface area (TPSA) is 66.0 Å². The summed E-state index contributed by atoms with van der Waals surface area (Å²) < 4.78 is 18.0. The first-order valence-electron chi connectivity index (χ1n) is 11.6. The molecular formula is C27H31FN6S. The summed E-state index contributed by atoms with van der Waals surface area (Å²) in [5.41, 5.74) is 6.69. The highest BCUT2D eigenvalue weighted by molar-refractivity contribution is 7.06. The van der Waals surface area contributed by atoms with Crippen LogP contribution in [0.3, 0.4) is 0 Å². The lowest BCUT2D eigenvalue weighted by Crippen LogP contribution is -2.26. The van der Waals surface area contributed by atoms with Gasteiger partial charge in [0.15, 0.2) is 5.82 Å². The molecule has 2 N–H and O–H groups in total. The number of rotatable bonds is 9. The van der Waals surface area contributed by atoms with E-state index in [1.807, 2.05) is 27.0 Å². The van der Waals surface area contributed by atoms with E-state index in [0.717, 1.165) is 58.3 Å². The summed E-state index contributed by atoms with van der Waals surface area (Å²) in [6.45, 7) is 8.81. The number of aryl methyl sites for hydroxylation is 2. The van der Waals surface area contributed by atoms with Crippen LogP contribution in [0.15, 0.2) is 48.5 Å². The summed E-state index contributed by atoms with van der Waals surface area (Å²) in [7, 11) is 4.08. The fraction of sp³-hybridized carbons (Fsp3) is 0.296. The second-order valence-electron chi connectivity index (χ2n) is 8.74. The van der Waals surface area contributed by atoms with Crippen molar-refractivity contribution in [2.75, 3.05) is 32.5 Å². The first kappa shape index (κ1) is 24.9. The van der Waals surface area contributed by atoms with E-state index >= 15 is 0 Å². The number of nitrogens with zero attached hydrogens (tertiary/aromatic N) is 4. The molecule has 0 amide bonds. The number of likely N-dealkylation sites (N-methyl/N-ethyl adjacent to an activating group) is 2. The summed E-state index contributed by atoms with van der Waals surface area (Å²) in [5.74, 6) is 1.06. The van der Waals surface area contributed by atoms with E-state index in [-0.39, 0.29) is 5.82 Å². The van der Waals surface area contributed by atoms with Gasteiger partial charge in [-0.1, -0.05) is 18.2 Å². The minimum Gasteiger partial charge on any atom is -0.340 e. The summed E-state index contributed by atoms with van der Waals surface area (Å²) in [4.78, 5) is 13.3. The van der Waals surface area contributed by atoms with Gasteiger partial charge in [0.05, 0.1) is 11.4 Å². The Hall–Kier alpha value is -3.20. The van der Waals surface area contributed by atoms with Crippen molar-refractivity contribution in [3.05, 3.63) is 76.0 Å². The van der Waals surface area contributed by atoms with E-state index in [4.69, 9.17) is 9.97 Å². The zero-order valence-corrected chi connectivity index (χ0v) is 21.6. The number of hydrogen-bond donors (Lipinski definition) is 2. The molecule has 2 aromatic carbocycles. The first-order chi connectivity index (χ1) is 16.9. The van der Waals surface area contributed by atoms with Crippen molar-refractivity contribution in [2.45, 2.75) is 27.3 Å². The lowest BCUT2D eigenvalue weighted by atomic mass is 10.0. The maximum absolute atomic E-state index is 13.5. The molecule has 0 radical (unpaired) electrons. The van der Waals surface area contributed by atoms with Crippen molar-refractivity contribution in [3.8, 4) is 22.6 Å². The van der Waals surface area contributed by atoms with Gasteiger partial charge in [0.25, 0.3) is 0 Å². The highest BCUT2D eigenvalue weighted by atomic mass is 32.1. The SMILES string of the molecule is CNCCN(C)Cc1cccc(-c2nc(Nc3ccc(F)cc3)c(C)c(-c3c(C)nsc3C)n2)c1. The van der Waals surface area contributed by atoms with Crippen LogP contribution in [0.4, 0.5) is 15.9 Å². The monoisotopic (exact) mass is 490 g/mol. The van der Waals surface area contributed by atoms with E-state index in [2.05, 4.69) is 52.1 Å². The average molecular weight is 491 g/mol. The van der Waals surface area contributed by atoms with Crippen LogP contribution in [0.5, 0.6) is 0 Å². The van der Waals surface area contributed by atoms with Crippen LogP contribution < -0.4 is 10.6 Å². The molecule has 182 valence electrons. The van der Waals surface area contributed by atoms with E-state index in [1.165, 1.54) is 29.2 Å². The van der Waals surface area contributed by atoms with E-state index in [1.54, 1.807) is 12.1 Å². The molecule has 0 spiro atoms. The van der Waals surface area contributed by atoms with Crippen molar-refractivity contribution in [1.82, 2.24) is 24.6 Å². The molecule has 35 heavy (non-hydrogen) atoms. The van der Waals surface area contributed by atoms with Crippen molar-refractivity contribution in [2.24, 2.45) is 0 Å². The van der Waals surface area contributed by atoms with Crippen molar-refractivity contribution >= 4 is 23.0 Å². The fourth-order valence-electron chi connectivity index (χ4n) is 4.00. The Labute approximate surface area is 210 Å². The summed E-state index contributed by atoms with van der Waals surface area (Å²) in [6.07, 6.45) is 0. The maximum atomic E-state index is 13.5. The third kappa shape index (κ3) is 5.90. The summed E-state index contributed by atoms with van der Waals surface area (Å²) in [6, 6.07) is 14.7. The van der Waals surface area contributed by atoms with Gasteiger partial charge in [-0.15, -0.1) is 0 Å². The Balaban J connectivity index is 1.77. The molecule has 0 saturated carbocycles. The molecule has 0 aliphatic heterocycles. The molecule has 0 aliphatic rings. The molecule has 2 aromatic heterocycles. The zero-order valence-electron chi connectivity index (χ0n) is 20.8. The fourth-order valence-corrected chi connectivity index (χ4v) is 4.70. The van der Waals surface area contributed by atoms with Gasteiger partial charge in [0.1, 0.15) is 11.6 Å². The Kier molecular flexibility index (Phi) is 7.85. The zero-order chi connectivity index (χ0) is 24.9. The molecule has 0 fully saturated rings. The van der Waals surface area contributed by atoms with Gasteiger partial charge in [-0.05, 0) is 82.3 Å². The molecule has 2 heterocycles. The van der Waals surface area contributed by atoms with Crippen molar-refractivity contribution in [1.29, 1.82) is 0 Å². The van der Waals surface area contributed by atoms with E-state index in [9.17, 15) is 4.39 Å². The van der Waals surface area contributed by atoms with Crippen LogP contribution in [0.2, 0.25) is 0 Å². The minimum atomic E-state index is -0.275. The highest BCUT2D eigenvalue weighted by Gasteiger charge is 2.19. The number of halogens is 1. The van der Waals surface area contributed by atoms with Crippen LogP contribution in [0.1, 0.15) is 21.7 Å². The normalized spacial score (nSPS) is 11.3. The molecule has 0 atom stereocenters. The Morgan fingerprint density at radius 1 is 1.03 bits per heavy atom. The summed E-state index contributed by atoms with van der Waals surface area (Å²) in [5, 5.41) is 6.56. The number of anilines is 2. The van der Waals surface area contributed by atoms with Crippen LogP contribution in [-0.2, 0) is 6.54 Å². The number of hydrogen-bond acceptors (Lipinski definition) is 7. The number of benzene rings is 2. The lowest BCUT2D eigenvalue weighted by Gasteiger charge is -2.17. The largest absolute Gasteiger partial charge is 0.340 e.